The number of hydrogen-bond acceptors (Lipinski definition) is 4. The van der Waals surface area contributed by atoms with E-state index in [4.69, 9.17) is 11.6 Å². The van der Waals surface area contributed by atoms with Crippen LogP contribution in [0.25, 0.3) is 0 Å². The minimum Gasteiger partial charge on any atom is -0.302 e. The summed E-state index contributed by atoms with van der Waals surface area (Å²) >= 11 is 5.47. The summed E-state index contributed by atoms with van der Waals surface area (Å²) in [6.45, 7) is 0.0792. The van der Waals surface area contributed by atoms with E-state index in [0.717, 1.165) is 19.6 Å². The van der Waals surface area contributed by atoms with Gasteiger partial charge in [-0.15, -0.1) is 11.6 Å². The second kappa shape index (κ2) is 5.25. The van der Waals surface area contributed by atoms with E-state index >= 15 is 0 Å². The van der Waals surface area contributed by atoms with E-state index < -0.39 is 26.2 Å². The summed E-state index contributed by atoms with van der Waals surface area (Å²) < 4.78 is 27.0. The van der Waals surface area contributed by atoms with Crippen LogP contribution in [0.2, 0.25) is 0 Å². The van der Waals surface area contributed by atoms with E-state index in [1.807, 2.05) is 0 Å². The summed E-state index contributed by atoms with van der Waals surface area (Å²) in [6.07, 6.45) is 1.02. The molecular formula is C9H14ClN3O4S. The van der Waals surface area contributed by atoms with Crippen LogP contribution < -0.4 is 11.2 Å². The van der Waals surface area contributed by atoms with E-state index in [1.165, 1.54) is 21.1 Å². The fourth-order valence-corrected chi connectivity index (χ4v) is 3.03. The van der Waals surface area contributed by atoms with Crippen LogP contribution in [0.3, 0.4) is 0 Å². The quantitative estimate of drug-likeness (QED) is 0.663. The number of alkyl halides is 1. The van der Waals surface area contributed by atoms with E-state index in [9.17, 15) is 18.0 Å². The third-order valence-corrected chi connectivity index (χ3v) is 4.51. The molecule has 0 fully saturated rings. The lowest BCUT2D eigenvalue weighted by atomic mass is 10.6. The average Bonchev–Trinajstić information content (AvgIpc) is 2.31. The Balaban J connectivity index is 3.53. The van der Waals surface area contributed by atoms with Crippen LogP contribution in [0.15, 0.2) is 20.7 Å². The first-order valence-corrected chi connectivity index (χ1v) is 7.00. The van der Waals surface area contributed by atoms with E-state index in [0.29, 0.717) is 0 Å². The highest BCUT2D eigenvalue weighted by atomic mass is 35.5. The first-order chi connectivity index (χ1) is 8.23. The van der Waals surface area contributed by atoms with Crippen molar-refractivity contribution >= 4 is 21.6 Å². The molecule has 0 amide bonds. The molecule has 0 atom stereocenters. The van der Waals surface area contributed by atoms with Crippen LogP contribution in [-0.2, 0) is 24.1 Å². The summed E-state index contributed by atoms with van der Waals surface area (Å²) in [6, 6.07) is 0. The lowest BCUT2D eigenvalue weighted by Crippen LogP contribution is -2.42. The van der Waals surface area contributed by atoms with Gasteiger partial charge in [0.1, 0.15) is 0 Å². The molecule has 0 unspecified atom stereocenters. The second-order valence-corrected chi connectivity index (χ2v) is 6.16. The van der Waals surface area contributed by atoms with Gasteiger partial charge in [0, 0.05) is 39.8 Å². The van der Waals surface area contributed by atoms with Crippen molar-refractivity contribution < 1.29 is 8.42 Å². The van der Waals surface area contributed by atoms with Crippen molar-refractivity contribution in [1.29, 1.82) is 0 Å². The Bertz CT molecular complexity index is 661. The Labute approximate surface area is 109 Å². The Morgan fingerprint density at radius 1 is 1.33 bits per heavy atom. The van der Waals surface area contributed by atoms with Gasteiger partial charge < -0.3 is 4.57 Å². The lowest BCUT2D eigenvalue weighted by Gasteiger charge is -2.16. The van der Waals surface area contributed by atoms with Gasteiger partial charge in [-0.05, 0) is 0 Å². The molecule has 0 saturated carbocycles. The minimum atomic E-state index is -3.94. The topological polar surface area (TPSA) is 81.4 Å². The number of hydrogen-bond donors (Lipinski definition) is 0. The molecule has 1 aromatic heterocycles. The smallest absolute Gasteiger partial charge is 0.302 e. The molecule has 0 aliphatic carbocycles. The van der Waals surface area contributed by atoms with Crippen molar-refractivity contribution in [3.05, 3.63) is 27.0 Å². The summed E-state index contributed by atoms with van der Waals surface area (Å²) in [7, 11) is -0.0113. The highest BCUT2D eigenvalue weighted by Crippen LogP contribution is 2.08. The van der Waals surface area contributed by atoms with Crippen molar-refractivity contribution in [2.24, 2.45) is 14.1 Å². The number of halogens is 1. The number of rotatable bonds is 4. The maximum Gasteiger partial charge on any atom is 0.330 e. The molecule has 9 heteroatoms. The van der Waals surface area contributed by atoms with Crippen LogP contribution >= 0.6 is 11.6 Å². The molecule has 0 aromatic carbocycles. The van der Waals surface area contributed by atoms with Gasteiger partial charge in [-0.25, -0.2) is 13.2 Å². The molecule has 18 heavy (non-hydrogen) atoms. The Morgan fingerprint density at radius 2 is 1.89 bits per heavy atom. The Kier molecular flexibility index (Phi) is 4.36. The summed E-state index contributed by atoms with van der Waals surface area (Å²) in [5, 5.41) is 0. The first-order valence-electron chi connectivity index (χ1n) is 5.02. The normalized spacial score (nSPS) is 12.1. The van der Waals surface area contributed by atoms with Gasteiger partial charge in [-0.3, -0.25) is 9.36 Å². The molecule has 0 bridgehead atoms. The van der Waals surface area contributed by atoms with Crippen LogP contribution in [0.5, 0.6) is 0 Å². The molecular weight excluding hydrogens is 282 g/mol. The summed E-state index contributed by atoms with van der Waals surface area (Å²) in [5.41, 5.74) is -1.43. The monoisotopic (exact) mass is 295 g/mol. The maximum absolute atomic E-state index is 12.1. The Hall–Kier alpha value is -1.12. The summed E-state index contributed by atoms with van der Waals surface area (Å²) in [4.78, 5) is 22.8. The molecule has 1 heterocycles. The molecule has 0 N–H and O–H groups in total. The van der Waals surface area contributed by atoms with Crippen LogP contribution in [0.4, 0.5) is 0 Å². The highest BCUT2D eigenvalue weighted by Gasteiger charge is 2.25. The first kappa shape index (κ1) is 14.9. The molecule has 1 rings (SSSR count). The predicted octanol–water partition coefficient (Wildman–Crippen LogP) is -1.06. The van der Waals surface area contributed by atoms with Gasteiger partial charge in [0.2, 0.25) is 10.0 Å². The van der Waals surface area contributed by atoms with Gasteiger partial charge in [0.15, 0.2) is 4.90 Å². The molecule has 0 spiro atoms. The fraction of sp³-hybridized carbons (Fsp3) is 0.556. The van der Waals surface area contributed by atoms with E-state index in [2.05, 4.69) is 0 Å². The number of aromatic nitrogens is 2. The fourth-order valence-electron chi connectivity index (χ4n) is 1.36. The van der Waals surface area contributed by atoms with Gasteiger partial charge in [0.05, 0.1) is 0 Å². The average molecular weight is 296 g/mol. The summed E-state index contributed by atoms with van der Waals surface area (Å²) in [5.74, 6) is 0.113. The standard InChI is InChI=1S/C9H14ClN3O4S/c1-11-6-7(8(14)13(3)9(11)15)18(16,17)12(2)5-4-10/h6H,4-5H2,1-3H3. The number of aryl methyl sites for hydroxylation is 1. The SMILES string of the molecule is CN(CCCl)S(=O)(=O)c1cn(C)c(=O)n(C)c1=O. The van der Waals surface area contributed by atoms with Crippen molar-refractivity contribution in [3.63, 3.8) is 0 Å². The predicted molar refractivity (Wildman–Crippen MR) is 67.5 cm³/mol. The Morgan fingerprint density at radius 3 is 2.39 bits per heavy atom. The highest BCUT2D eigenvalue weighted by molar-refractivity contribution is 7.89. The third kappa shape index (κ3) is 2.50. The van der Waals surface area contributed by atoms with Gasteiger partial charge >= 0.3 is 5.69 Å². The molecule has 7 nitrogen and oxygen atoms in total. The van der Waals surface area contributed by atoms with Crippen LogP contribution in [0.1, 0.15) is 0 Å². The van der Waals surface area contributed by atoms with E-state index in [1.54, 1.807) is 0 Å². The van der Waals surface area contributed by atoms with Crippen LogP contribution in [0, 0.1) is 0 Å². The van der Waals surface area contributed by atoms with Crippen molar-refractivity contribution in [1.82, 2.24) is 13.4 Å². The largest absolute Gasteiger partial charge is 0.330 e. The molecule has 102 valence electrons. The van der Waals surface area contributed by atoms with Crippen LogP contribution in [-0.4, -0.2) is 41.3 Å². The van der Waals surface area contributed by atoms with Gasteiger partial charge in [0.25, 0.3) is 5.56 Å². The molecule has 0 aliphatic heterocycles. The van der Waals surface area contributed by atoms with Crippen molar-refractivity contribution in [2.75, 3.05) is 19.5 Å². The number of sulfonamides is 1. The zero-order valence-corrected chi connectivity index (χ0v) is 11.8. The number of nitrogens with zero attached hydrogens (tertiary/aromatic N) is 3. The minimum absolute atomic E-state index is 0.0792. The maximum atomic E-state index is 12.1. The molecule has 0 radical (unpaired) electrons. The van der Waals surface area contributed by atoms with Gasteiger partial charge in [-0.1, -0.05) is 0 Å². The lowest BCUT2D eigenvalue weighted by molar-refractivity contribution is 0.483. The molecule has 0 aliphatic rings. The third-order valence-electron chi connectivity index (χ3n) is 2.50. The van der Waals surface area contributed by atoms with E-state index in [-0.39, 0.29) is 12.4 Å². The zero-order chi connectivity index (χ0) is 14.1. The zero-order valence-electron chi connectivity index (χ0n) is 10.3. The van der Waals surface area contributed by atoms with Crippen molar-refractivity contribution in [3.8, 4) is 0 Å². The van der Waals surface area contributed by atoms with Crippen molar-refractivity contribution in [2.45, 2.75) is 4.90 Å². The molecule has 0 saturated heterocycles. The second-order valence-electron chi connectivity index (χ2n) is 3.77. The molecule has 1 aromatic rings. The van der Waals surface area contributed by atoms with Gasteiger partial charge in [-0.2, -0.15) is 4.31 Å².